The fraction of sp³-hybridized carbons (Fsp3) is 0.444. The lowest BCUT2D eigenvalue weighted by molar-refractivity contribution is 0.563. The van der Waals surface area contributed by atoms with Crippen LogP contribution in [0.2, 0.25) is 0 Å². The number of hydrazine groups is 1. The zero-order chi connectivity index (χ0) is 13.3. The van der Waals surface area contributed by atoms with E-state index in [0.29, 0.717) is 6.07 Å². The molecule has 100 valence electrons. The van der Waals surface area contributed by atoms with E-state index >= 15 is 0 Å². The van der Waals surface area contributed by atoms with Crippen molar-refractivity contribution in [2.75, 3.05) is 34.9 Å². The highest BCUT2D eigenvalue weighted by Crippen LogP contribution is 2.23. The van der Waals surface area contributed by atoms with E-state index in [1.54, 1.807) is 0 Å². The molecule has 1 aromatic heterocycles. The van der Waals surface area contributed by atoms with E-state index in [1.165, 1.54) is 4.90 Å². The van der Waals surface area contributed by atoms with Crippen LogP contribution in [0.25, 0.3) is 0 Å². The number of nitrogens with two attached hydrogens (primary N) is 1. The highest BCUT2D eigenvalue weighted by Gasteiger charge is 2.25. The van der Waals surface area contributed by atoms with Gasteiger partial charge in [0.25, 0.3) is 0 Å². The van der Waals surface area contributed by atoms with Crippen LogP contribution in [0.15, 0.2) is 6.07 Å². The Labute approximate surface area is 103 Å². The monoisotopic (exact) mass is 278 g/mol. The normalized spacial score (nSPS) is 18.7. The molecule has 18 heavy (non-hydrogen) atoms. The van der Waals surface area contributed by atoms with Gasteiger partial charge in [-0.2, -0.15) is 0 Å². The molecule has 9 heteroatoms. The minimum Gasteiger partial charge on any atom is -0.352 e. The van der Waals surface area contributed by atoms with E-state index < -0.39 is 21.5 Å². The van der Waals surface area contributed by atoms with Gasteiger partial charge in [0.1, 0.15) is 0 Å². The average Bonchev–Trinajstić information content (AvgIpc) is 2.30. The number of pyridine rings is 1. The first-order valence-corrected chi connectivity index (χ1v) is 7.03. The number of aromatic nitrogens is 1. The number of rotatable bonds is 2. The summed E-state index contributed by atoms with van der Waals surface area (Å²) in [7, 11) is -3.07. The van der Waals surface area contributed by atoms with Crippen LogP contribution in [0.3, 0.4) is 0 Å². The van der Waals surface area contributed by atoms with E-state index in [9.17, 15) is 17.2 Å². The molecule has 0 amide bonds. The molecule has 0 aromatic carbocycles. The summed E-state index contributed by atoms with van der Waals surface area (Å²) >= 11 is 0. The Kier molecular flexibility index (Phi) is 3.35. The molecule has 0 unspecified atom stereocenters. The molecule has 1 aliphatic heterocycles. The van der Waals surface area contributed by atoms with Crippen molar-refractivity contribution in [3.05, 3.63) is 17.7 Å². The Balaban J connectivity index is 2.29. The maximum Gasteiger partial charge on any atom is 0.178 e. The van der Waals surface area contributed by atoms with Gasteiger partial charge in [-0.15, -0.1) is 0 Å². The molecule has 2 rings (SSSR count). The molecule has 3 N–H and O–H groups in total. The lowest BCUT2D eigenvalue weighted by Crippen LogP contribution is -2.41. The fourth-order valence-corrected chi connectivity index (χ4v) is 2.91. The lowest BCUT2D eigenvalue weighted by atomic mass is 10.3. The number of nitrogens with zero attached hydrogens (tertiary/aromatic N) is 2. The van der Waals surface area contributed by atoms with E-state index in [1.807, 2.05) is 5.43 Å². The molecule has 2 heterocycles. The predicted octanol–water partition coefficient (Wildman–Crippen LogP) is -0.120. The van der Waals surface area contributed by atoms with Crippen molar-refractivity contribution < 1.29 is 17.2 Å². The molecule has 0 atom stereocenters. The van der Waals surface area contributed by atoms with Gasteiger partial charge in [0, 0.05) is 19.2 Å². The standard InChI is InChI=1S/C9H12F2N4O2S/c10-6-5-7(11)9(13-8(6)14-12)15-1-3-18(16,17)4-2-15/h5H,1-4,12H2,(H,13,14). The minimum atomic E-state index is -3.07. The van der Waals surface area contributed by atoms with Gasteiger partial charge in [-0.3, -0.25) is 0 Å². The molecule has 0 bridgehead atoms. The topological polar surface area (TPSA) is 88.3 Å². The molecule has 0 radical (unpaired) electrons. The summed E-state index contributed by atoms with van der Waals surface area (Å²) in [5.74, 6) is 2.79. The molecule has 1 saturated heterocycles. The Bertz CT molecular complexity index is 550. The maximum atomic E-state index is 13.6. The summed E-state index contributed by atoms with van der Waals surface area (Å²) in [5.41, 5.74) is 2.02. The quantitative estimate of drug-likeness (QED) is 0.579. The van der Waals surface area contributed by atoms with Gasteiger partial charge in [0.05, 0.1) is 11.5 Å². The second-order valence-electron chi connectivity index (χ2n) is 3.91. The summed E-state index contributed by atoms with van der Waals surface area (Å²) in [6.07, 6.45) is 0. The molecule has 0 spiro atoms. The summed E-state index contributed by atoms with van der Waals surface area (Å²) < 4.78 is 49.3. The van der Waals surface area contributed by atoms with E-state index in [4.69, 9.17) is 5.84 Å². The van der Waals surface area contributed by atoms with Crippen LogP contribution in [-0.2, 0) is 9.84 Å². The van der Waals surface area contributed by atoms with Gasteiger partial charge < -0.3 is 10.3 Å². The predicted molar refractivity (Wildman–Crippen MR) is 62.8 cm³/mol. The van der Waals surface area contributed by atoms with Crippen molar-refractivity contribution in [3.8, 4) is 0 Å². The van der Waals surface area contributed by atoms with Crippen molar-refractivity contribution in [1.82, 2.24) is 4.98 Å². The number of sulfone groups is 1. The number of halogens is 2. The van der Waals surface area contributed by atoms with Gasteiger partial charge in [-0.05, 0) is 0 Å². The highest BCUT2D eigenvalue weighted by molar-refractivity contribution is 7.91. The number of anilines is 2. The van der Waals surface area contributed by atoms with Crippen molar-refractivity contribution in [1.29, 1.82) is 0 Å². The van der Waals surface area contributed by atoms with Gasteiger partial charge in [0.15, 0.2) is 33.1 Å². The summed E-state index contributed by atoms with van der Waals surface area (Å²) in [4.78, 5) is 5.16. The number of hydrogen-bond donors (Lipinski definition) is 2. The number of nitrogen functional groups attached to an aromatic ring is 1. The molecule has 1 fully saturated rings. The summed E-state index contributed by atoms with van der Waals surface area (Å²) in [6, 6.07) is 0.667. The largest absolute Gasteiger partial charge is 0.352 e. The zero-order valence-corrected chi connectivity index (χ0v) is 10.2. The average molecular weight is 278 g/mol. The highest BCUT2D eigenvalue weighted by atomic mass is 32.2. The first-order chi connectivity index (χ1) is 8.43. The number of nitrogens with one attached hydrogen (secondary N) is 1. The van der Waals surface area contributed by atoms with Gasteiger partial charge >= 0.3 is 0 Å². The van der Waals surface area contributed by atoms with Crippen molar-refractivity contribution in [2.24, 2.45) is 5.84 Å². The lowest BCUT2D eigenvalue weighted by Gasteiger charge is -2.28. The van der Waals surface area contributed by atoms with E-state index in [0.717, 1.165) is 0 Å². The van der Waals surface area contributed by atoms with Crippen molar-refractivity contribution >= 4 is 21.5 Å². The minimum absolute atomic E-state index is 0.0725. The smallest absolute Gasteiger partial charge is 0.178 e. The molecule has 0 saturated carbocycles. The van der Waals surface area contributed by atoms with Gasteiger partial charge in [-0.25, -0.2) is 28.0 Å². The summed E-state index contributed by atoms with van der Waals surface area (Å²) in [5, 5.41) is 0. The molecule has 6 nitrogen and oxygen atoms in total. The van der Waals surface area contributed by atoms with Crippen LogP contribution in [0, 0.1) is 11.6 Å². The first kappa shape index (κ1) is 13.0. The molecular weight excluding hydrogens is 266 g/mol. The van der Waals surface area contributed by atoms with Crippen LogP contribution < -0.4 is 16.2 Å². The van der Waals surface area contributed by atoms with Crippen LogP contribution in [0.4, 0.5) is 20.4 Å². The second kappa shape index (κ2) is 4.65. The first-order valence-electron chi connectivity index (χ1n) is 5.21. The molecule has 0 aliphatic carbocycles. The van der Waals surface area contributed by atoms with Crippen LogP contribution in [0.1, 0.15) is 0 Å². The number of hydrogen-bond acceptors (Lipinski definition) is 6. The Morgan fingerprint density at radius 2 is 1.89 bits per heavy atom. The Hall–Kier alpha value is -1.48. The van der Waals surface area contributed by atoms with Gasteiger partial charge in [-0.1, -0.05) is 0 Å². The van der Waals surface area contributed by atoms with Crippen LogP contribution in [0.5, 0.6) is 0 Å². The van der Waals surface area contributed by atoms with Gasteiger partial charge in [0.2, 0.25) is 0 Å². The molecule has 1 aromatic rings. The van der Waals surface area contributed by atoms with E-state index in [-0.39, 0.29) is 36.2 Å². The molecular formula is C9H12F2N4O2S. The van der Waals surface area contributed by atoms with Crippen molar-refractivity contribution in [3.63, 3.8) is 0 Å². The third-order valence-corrected chi connectivity index (χ3v) is 4.30. The van der Waals surface area contributed by atoms with Crippen LogP contribution in [-0.4, -0.2) is 38.0 Å². The Morgan fingerprint density at radius 3 is 2.44 bits per heavy atom. The SMILES string of the molecule is NNc1nc(N2CCS(=O)(=O)CC2)c(F)cc1F. The van der Waals surface area contributed by atoms with Crippen LogP contribution >= 0.6 is 0 Å². The fourth-order valence-electron chi connectivity index (χ4n) is 1.70. The third-order valence-electron chi connectivity index (χ3n) is 2.69. The third kappa shape index (κ3) is 2.51. The molecule has 1 aliphatic rings. The second-order valence-corrected chi connectivity index (χ2v) is 6.21. The Morgan fingerprint density at radius 1 is 1.28 bits per heavy atom. The van der Waals surface area contributed by atoms with E-state index in [2.05, 4.69) is 4.98 Å². The van der Waals surface area contributed by atoms with Crippen molar-refractivity contribution in [2.45, 2.75) is 0 Å². The zero-order valence-electron chi connectivity index (χ0n) is 9.36. The summed E-state index contributed by atoms with van der Waals surface area (Å²) in [6.45, 7) is 0.254. The maximum absolute atomic E-state index is 13.6.